The molecule has 3 aromatic carbocycles. The molecule has 5 rings (SSSR count). The van der Waals surface area contributed by atoms with Crippen LogP contribution in [0.25, 0.3) is 16.8 Å². The first-order chi connectivity index (χ1) is 16.4. The summed E-state index contributed by atoms with van der Waals surface area (Å²) in [6.45, 7) is 1.91. The second-order valence-electron chi connectivity index (χ2n) is 8.16. The van der Waals surface area contributed by atoms with E-state index in [1.165, 1.54) is 12.1 Å². The zero-order valence-electron chi connectivity index (χ0n) is 18.4. The van der Waals surface area contributed by atoms with E-state index in [0.717, 1.165) is 26.9 Å². The Kier molecular flexibility index (Phi) is 5.93. The molecule has 1 aromatic heterocycles. The van der Waals surface area contributed by atoms with Crippen LogP contribution in [0.15, 0.2) is 83.5 Å². The van der Waals surface area contributed by atoms with Gasteiger partial charge in [0.1, 0.15) is 18.1 Å². The number of halogens is 2. The van der Waals surface area contributed by atoms with Crippen molar-refractivity contribution >= 4 is 27.5 Å². The summed E-state index contributed by atoms with van der Waals surface area (Å²) in [5, 5.41) is 4.83. The molecule has 0 saturated carbocycles. The zero-order chi connectivity index (χ0) is 23.8. The number of carbonyl (C=O) groups excluding carboxylic acids is 1. The van der Waals surface area contributed by atoms with E-state index in [-0.39, 0.29) is 24.4 Å². The van der Waals surface area contributed by atoms with Crippen molar-refractivity contribution in [1.82, 2.24) is 14.7 Å². The summed E-state index contributed by atoms with van der Waals surface area (Å²) in [5.74, 6) is -0.450. The van der Waals surface area contributed by atoms with Gasteiger partial charge in [0.15, 0.2) is 6.23 Å². The van der Waals surface area contributed by atoms with Crippen molar-refractivity contribution in [3.63, 3.8) is 0 Å². The molecular weight excluding hydrogens is 499 g/mol. The van der Waals surface area contributed by atoms with E-state index in [1.54, 1.807) is 21.7 Å². The minimum absolute atomic E-state index is 0.0437. The molecule has 2 atom stereocenters. The topological polar surface area (TPSA) is 73.4 Å². The van der Waals surface area contributed by atoms with Gasteiger partial charge in [-0.1, -0.05) is 40.2 Å². The van der Waals surface area contributed by atoms with Crippen LogP contribution in [0.5, 0.6) is 0 Å². The lowest BCUT2D eigenvalue weighted by Gasteiger charge is -2.29. The average Bonchev–Trinajstić information content (AvgIpc) is 3.44. The number of hydrogen-bond donors (Lipinski definition) is 1. The predicted octanol–water partition coefficient (Wildman–Crippen LogP) is 5.64. The number of nitrogens with two attached hydrogens (primary N) is 1. The van der Waals surface area contributed by atoms with E-state index in [4.69, 9.17) is 15.6 Å². The number of aromatic nitrogens is 2. The minimum Gasteiger partial charge on any atom is -0.399 e. The predicted molar refractivity (Wildman–Crippen MR) is 131 cm³/mol. The number of anilines is 1. The highest BCUT2D eigenvalue weighted by molar-refractivity contribution is 9.10. The molecule has 1 unspecified atom stereocenters. The van der Waals surface area contributed by atoms with E-state index in [1.807, 2.05) is 61.7 Å². The maximum absolute atomic E-state index is 13.6. The largest absolute Gasteiger partial charge is 0.399 e. The quantitative estimate of drug-likeness (QED) is 0.345. The van der Waals surface area contributed by atoms with Gasteiger partial charge in [-0.3, -0.25) is 4.79 Å². The van der Waals surface area contributed by atoms with Gasteiger partial charge in [0.2, 0.25) is 0 Å². The fraction of sp³-hybridized carbons (Fsp3) is 0.154. The van der Waals surface area contributed by atoms with Crippen LogP contribution in [-0.4, -0.2) is 27.2 Å². The summed E-state index contributed by atoms with van der Waals surface area (Å²) in [5.41, 5.74) is 10.4. The van der Waals surface area contributed by atoms with Crippen molar-refractivity contribution in [3.8, 4) is 16.8 Å². The SMILES string of the molecule is CC(c1ccc(N)cc1)N1C(=O)CO[C@@H]1c1nn(-c2ccc(Br)cc2)cc1-c1ccc(F)cc1. The normalized spacial score (nSPS) is 16.7. The standard InChI is InChI=1S/C26H22BrFN4O2/c1-16(17-4-10-21(29)11-5-17)32-24(33)15-34-26(32)25-23(18-2-8-20(28)9-3-18)14-31(30-25)22-12-6-19(27)7-13-22/h2-14,16,26H,15,29H2,1H3/t16?,26-/m1/s1. The summed E-state index contributed by atoms with van der Waals surface area (Å²) >= 11 is 3.45. The number of benzene rings is 3. The molecule has 2 N–H and O–H groups in total. The summed E-state index contributed by atoms with van der Waals surface area (Å²) in [7, 11) is 0. The van der Waals surface area contributed by atoms with Crippen LogP contribution in [0.4, 0.5) is 10.1 Å². The number of ether oxygens (including phenoxy) is 1. The molecule has 2 heterocycles. The maximum Gasteiger partial charge on any atom is 0.251 e. The number of hydrogen-bond acceptors (Lipinski definition) is 4. The van der Waals surface area contributed by atoms with E-state index < -0.39 is 6.23 Å². The lowest BCUT2D eigenvalue weighted by Crippen LogP contribution is -2.32. The van der Waals surface area contributed by atoms with Gasteiger partial charge in [-0.2, -0.15) is 5.10 Å². The van der Waals surface area contributed by atoms with Crippen LogP contribution in [0.2, 0.25) is 0 Å². The zero-order valence-corrected chi connectivity index (χ0v) is 19.9. The van der Waals surface area contributed by atoms with Gasteiger partial charge in [0, 0.05) is 21.9 Å². The minimum atomic E-state index is -0.697. The lowest BCUT2D eigenvalue weighted by atomic mass is 10.0. The van der Waals surface area contributed by atoms with Gasteiger partial charge in [-0.15, -0.1) is 0 Å². The Labute approximate surface area is 204 Å². The molecule has 0 spiro atoms. The number of carbonyl (C=O) groups is 1. The molecular formula is C26H22BrFN4O2. The first kappa shape index (κ1) is 22.3. The Bertz CT molecular complexity index is 1320. The molecule has 0 bridgehead atoms. The van der Waals surface area contributed by atoms with Gasteiger partial charge in [0.25, 0.3) is 5.91 Å². The molecule has 0 radical (unpaired) electrons. The molecule has 34 heavy (non-hydrogen) atoms. The van der Waals surface area contributed by atoms with Gasteiger partial charge in [-0.25, -0.2) is 9.07 Å². The average molecular weight is 521 g/mol. The highest BCUT2D eigenvalue weighted by atomic mass is 79.9. The number of nitrogen functional groups attached to an aromatic ring is 1. The Morgan fingerprint density at radius 2 is 1.74 bits per heavy atom. The van der Waals surface area contributed by atoms with Crippen LogP contribution in [-0.2, 0) is 9.53 Å². The van der Waals surface area contributed by atoms with E-state index >= 15 is 0 Å². The van der Waals surface area contributed by atoms with Gasteiger partial charge < -0.3 is 15.4 Å². The van der Waals surface area contributed by atoms with Crippen molar-refractivity contribution in [1.29, 1.82) is 0 Å². The third-order valence-electron chi connectivity index (χ3n) is 5.96. The van der Waals surface area contributed by atoms with Crippen LogP contribution in [0.1, 0.15) is 30.5 Å². The summed E-state index contributed by atoms with van der Waals surface area (Å²) in [4.78, 5) is 14.6. The summed E-state index contributed by atoms with van der Waals surface area (Å²) in [6, 6.07) is 21.1. The van der Waals surface area contributed by atoms with Crippen molar-refractivity contribution < 1.29 is 13.9 Å². The van der Waals surface area contributed by atoms with Gasteiger partial charge in [0.05, 0.1) is 11.7 Å². The number of rotatable bonds is 5. The smallest absolute Gasteiger partial charge is 0.251 e. The van der Waals surface area contributed by atoms with Crippen LogP contribution >= 0.6 is 15.9 Å². The van der Waals surface area contributed by atoms with Crippen molar-refractivity contribution in [3.05, 3.63) is 101 Å². The van der Waals surface area contributed by atoms with Crippen molar-refractivity contribution in [2.45, 2.75) is 19.2 Å². The molecule has 6 nitrogen and oxygen atoms in total. The first-order valence-electron chi connectivity index (χ1n) is 10.8. The Balaban J connectivity index is 1.60. The number of nitrogens with zero attached hydrogens (tertiary/aromatic N) is 3. The Morgan fingerprint density at radius 1 is 1.06 bits per heavy atom. The van der Waals surface area contributed by atoms with Crippen molar-refractivity contribution in [2.24, 2.45) is 0 Å². The molecule has 1 saturated heterocycles. The molecule has 4 aromatic rings. The Morgan fingerprint density at radius 3 is 2.41 bits per heavy atom. The Hall–Kier alpha value is -3.49. The maximum atomic E-state index is 13.6. The third kappa shape index (κ3) is 4.22. The van der Waals surface area contributed by atoms with Crippen LogP contribution < -0.4 is 5.73 Å². The monoisotopic (exact) mass is 520 g/mol. The fourth-order valence-corrected chi connectivity index (χ4v) is 4.41. The van der Waals surface area contributed by atoms with Crippen molar-refractivity contribution in [2.75, 3.05) is 12.3 Å². The highest BCUT2D eigenvalue weighted by Gasteiger charge is 2.40. The molecule has 1 amide bonds. The van der Waals surface area contributed by atoms with Gasteiger partial charge in [-0.05, 0) is 66.6 Å². The lowest BCUT2D eigenvalue weighted by molar-refractivity contribution is -0.130. The highest BCUT2D eigenvalue weighted by Crippen LogP contribution is 2.39. The third-order valence-corrected chi connectivity index (χ3v) is 6.49. The molecule has 172 valence electrons. The molecule has 1 aliphatic rings. The number of amides is 1. The molecule has 1 fully saturated rings. The first-order valence-corrected chi connectivity index (χ1v) is 11.6. The second-order valence-corrected chi connectivity index (χ2v) is 9.08. The summed E-state index contributed by atoms with van der Waals surface area (Å²) < 4.78 is 22.3. The van der Waals surface area contributed by atoms with Crippen LogP contribution in [0.3, 0.4) is 0 Å². The van der Waals surface area contributed by atoms with Gasteiger partial charge >= 0.3 is 0 Å². The van der Waals surface area contributed by atoms with E-state index in [0.29, 0.717) is 11.4 Å². The fourth-order valence-electron chi connectivity index (χ4n) is 4.15. The molecule has 1 aliphatic heterocycles. The molecule has 8 heteroatoms. The van der Waals surface area contributed by atoms with E-state index in [2.05, 4.69) is 15.9 Å². The molecule has 0 aliphatic carbocycles. The summed E-state index contributed by atoms with van der Waals surface area (Å²) in [6.07, 6.45) is 1.18. The van der Waals surface area contributed by atoms with Crippen LogP contribution in [0, 0.1) is 5.82 Å². The second kappa shape index (κ2) is 9.04. The van der Waals surface area contributed by atoms with E-state index in [9.17, 15) is 9.18 Å².